The molecule has 9 nitrogen and oxygen atoms in total. The minimum Gasteiger partial charge on any atom is -0.481 e. The number of aryl methyl sites for hydroxylation is 1. The molecule has 0 bridgehead atoms. The van der Waals surface area contributed by atoms with Gasteiger partial charge in [-0.2, -0.15) is 5.06 Å². The number of hydroxylamine groups is 2. The van der Waals surface area contributed by atoms with Gasteiger partial charge in [0.2, 0.25) is 0 Å². The fourth-order valence-corrected chi connectivity index (χ4v) is 2.79. The van der Waals surface area contributed by atoms with E-state index in [4.69, 9.17) is 19.8 Å². The zero-order chi connectivity index (χ0) is 22.7. The summed E-state index contributed by atoms with van der Waals surface area (Å²) in [5, 5.41) is 31.5. The number of aliphatic carboxylic acids is 1. The number of nitrogens with one attached hydrogen (secondary N) is 1. The summed E-state index contributed by atoms with van der Waals surface area (Å²) in [4.78, 5) is 29.0. The summed E-state index contributed by atoms with van der Waals surface area (Å²) in [5.74, 6) is -1.02. The van der Waals surface area contributed by atoms with Gasteiger partial charge < -0.3 is 25.4 Å². The number of rotatable bonds is 12. The number of hydrogen-bond acceptors (Lipinski definition) is 7. The molecule has 1 aromatic carbocycles. The van der Waals surface area contributed by atoms with Crippen molar-refractivity contribution in [2.24, 2.45) is 0 Å². The third-order valence-electron chi connectivity index (χ3n) is 4.13. The summed E-state index contributed by atoms with van der Waals surface area (Å²) in [6, 6.07) is 5.06. The predicted octanol–water partition coefficient (Wildman–Crippen LogP) is 1.62. The molecule has 0 spiro atoms. The van der Waals surface area contributed by atoms with Crippen LogP contribution in [0.5, 0.6) is 0 Å². The zero-order valence-electron chi connectivity index (χ0n) is 18.2. The fourth-order valence-electron chi connectivity index (χ4n) is 2.79. The molecule has 0 unspecified atom stereocenters. The Kier molecular flexibility index (Phi) is 10.8. The van der Waals surface area contributed by atoms with Crippen molar-refractivity contribution in [1.82, 2.24) is 10.4 Å². The highest BCUT2D eigenvalue weighted by molar-refractivity contribution is 5.71. The van der Waals surface area contributed by atoms with Crippen LogP contribution in [-0.4, -0.2) is 70.4 Å². The van der Waals surface area contributed by atoms with E-state index in [1.165, 1.54) is 5.06 Å². The molecule has 0 saturated carbocycles. The van der Waals surface area contributed by atoms with Crippen LogP contribution in [0, 0.1) is 6.92 Å². The number of ether oxygens (including phenoxy) is 1. The van der Waals surface area contributed by atoms with Crippen molar-refractivity contribution < 1.29 is 34.5 Å². The Morgan fingerprint density at radius 2 is 1.80 bits per heavy atom. The van der Waals surface area contributed by atoms with E-state index < -0.39 is 23.7 Å². The molecule has 1 atom stereocenters. The van der Waals surface area contributed by atoms with E-state index in [0.29, 0.717) is 6.42 Å². The van der Waals surface area contributed by atoms with E-state index in [9.17, 15) is 14.7 Å². The smallest absolute Gasteiger partial charge is 0.407 e. The summed E-state index contributed by atoms with van der Waals surface area (Å²) < 4.78 is 5.24. The van der Waals surface area contributed by atoms with E-state index in [-0.39, 0.29) is 39.3 Å². The van der Waals surface area contributed by atoms with Crippen molar-refractivity contribution >= 4 is 12.1 Å². The molecular weight excluding hydrogens is 392 g/mol. The number of alkyl carbamates (subject to hydrolysis) is 1. The van der Waals surface area contributed by atoms with Crippen molar-refractivity contribution in [2.75, 3.05) is 26.3 Å². The topological polar surface area (TPSA) is 129 Å². The van der Waals surface area contributed by atoms with Crippen LogP contribution >= 0.6 is 0 Å². The molecule has 0 aromatic heterocycles. The maximum absolute atomic E-state index is 12.1. The van der Waals surface area contributed by atoms with Crippen LogP contribution in [0.2, 0.25) is 0 Å². The molecule has 170 valence electrons. The van der Waals surface area contributed by atoms with Gasteiger partial charge in [0.15, 0.2) is 0 Å². The van der Waals surface area contributed by atoms with Crippen molar-refractivity contribution in [3.63, 3.8) is 0 Å². The molecule has 0 aliphatic heterocycles. The molecule has 1 rings (SSSR count). The highest BCUT2D eigenvalue weighted by atomic mass is 16.7. The van der Waals surface area contributed by atoms with Gasteiger partial charge in [-0.1, -0.05) is 18.2 Å². The highest BCUT2D eigenvalue weighted by Crippen LogP contribution is 2.17. The van der Waals surface area contributed by atoms with Gasteiger partial charge in [0.1, 0.15) is 5.60 Å². The lowest BCUT2D eigenvalue weighted by atomic mass is 9.97. The average molecular weight is 427 g/mol. The van der Waals surface area contributed by atoms with E-state index in [2.05, 4.69) is 5.32 Å². The lowest BCUT2D eigenvalue weighted by Crippen LogP contribution is -2.41. The fraction of sp³-hybridized carbons (Fsp3) is 0.619. The van der Waals surface area contributed by atoms with Crippen LogP contribution in [0.3, 0.4) is 0 Å². The van der Waals surface area contributed by atoms with Crippen molar-refractivity contribution in [1.29, 1.82) is 0 Å². The number of amides is 1. The van der Waals surface area contributed by atoms with Gasteiger partial charge in [0.05, 0.1) is 26.2 Å². The van der Waals surface area contributed by atoms with Crippen LogP contribution in [-0.2, 0) is 27.4 Å². The number of carbonyl (C=O) groups excluding carboxylic acids is 1. The molecule has 4 N–H and O–H groups in total. The van der Waals surface area contributed by atoms with E-state index in [1.54, 1.807) is 20.8 Å². The van der Waals surface area contributed by atoms with Gasteiger partial charge in [-0.3, -0.25) is 9.63 Å². The Bertz CT molecular complexity index is 682. The van der Waals surface area contributed by atoms with Gasteiger partial charge >= 0.3 is 12.1 Å². The second kappa shape index (κ2) is 12.5. The minimum atomic E-state index is -1.02. The summed E-state index contributed by atoms with van der Waals surface area (Å²) in [6.07, 6.45) is -0.572. The third kappa shape index (κ3) is 10.5. The molecule has 0 radical (unpaired) electrons. The Morgan fingerprint density at radius 1 is 1.17 bits per heavy atom. The van der Waals surface area contributed by atoms with Crippen LogP contribution < -0.4 is 5.32 Å². The molecule has 1 amide bonds. The van der Waals surface area contributed by atoms with Gasteiger partial charge in [-0.05, 0) is 50.8 Å². The Hall–Kier alpha value is -2.20. The van der Waals surface area contributed by atoms with Crippen molar-refractivity contribution in [2.45, 2.75) is 58.8 Å². The van der Waals surface area contributed by atoms with Crippen LogP contribution in [0.1, 0.15) is 43.9 Å². The summed E-state index contributed by atoms with van der Waals surface area (Å²) in [5.41, 5.74) is 2.01. The van der Waals surface area contributed by atoms with E-state index >= 15 is 0 Å². The molecule has 0 aliphatic rings. The van der Waals surface area contributed by atoms with Crippen LogP contribution in [0.15, 0.2) is 18.2 Å². The molecule has 0 saturated heterocycles. The van der Waals surface area contributed by atoms with Gasteiger partial charge in [-0.15, -0.1) is 0 Å². The predicted molar refractivity (Wildman–Crippen MR) is 111 cm³/mol. The monoisotopic (exact) mass is 426 g/mol. The first-order valence-electron chi connectivity index (χ1n) is 9.93. The standard InChI is InChI=1S/C21H34N2O7/c1-15-5-6-16(14-29-23(7-9-24)8-10-25)11-17(15)12-18(13-19(26)27)22-20(28)30-21(2,3)4/h5-6,11,18,24-25H,7-10,12-14H2,1-4H3,(H,22,28)(H,26,27)/t18-/m0/s1. The quantitative estimate of drug-likeness (QED) is 0.371. The van der Waals surface area contributed by atoms with Gasteiger partial charge in [-0.25, -0.2) is 4.79 Å². The summed E-state index contributed by atoms with van der Waals surface area (Å²) in [7, 11) is 0. The number of aliphatic hydroxyl groups is 2. The maximum Gasteiger partial charge on any atom is 0.407 e. The largest absolute Gasteiger partial charge is 0.481 e. The molecular formula is C21H34N2O7. The molecule has 0 aliphatic carbocycles. The number of aliphatic hydroxyl groups excluding tert-OH is 2. The second-order valence-electron chi connectivity index (χ2n) is 8.06. The first-order valence-corrected chi connectivity index (χ1v) is 9.93. The first kappa shape index (κ1) is 25.8. The number of carboxylic acids is 1. The second-order valence-corrected chi connectivity index (χ2v) is 8.06. The normalized spacial score (nSPS) is 12.6. The third-order valence-corrected chi connectivity index (χ3v) is 4.13. The maximum atomic E-state index is 12.1. The Morgan fingerprint density at radius 3 is 2.33 bits per heavy atom. The molecule has 0 heterocycles. The molecule has 9 heteroatoms. The van der Waals surface area contributed by atoms with Gasteiger partial charge in [0, 0.05) is 19.1 Å². The molecule has 0 fully saturated rings. The lowest BCUT2D eigenvalue weighted by molar-refractivity contribution is -0.178. The zero-order valence-corrected chi connectivity index (χ0v) is 18.2. The van der Waals surface area contributed by atoms with Crippen LogP contribution in [0.4, 0.5) is 4.79 Å². The number of carboxylic acid groups (broad SMARTS) is 1. The van der Waals surface area contributed by atoms with Crippen molar-refractivity contribution in [3.8, 4) is 0 Å². The highest BCUT2D eigenvalue weighted by Gasteiger charge is 2.22. The minimum absolute atomic E-state index is 0.0909. The first-order chi connectivity index (χ1) is 14.0. The number of benzene rings is 1. The van der Waals surface area contributed by atoms with Gasteiger partial charge in [0.25, 0.3) is 0 Å². The number of hydrogen-bond donors (Lipinski definition) is 4. The molecule has 1 aromatic rings. The Balaban J connectivity index is 2.86. The average Bonchev–Trinajstić information content (AvgIpc) is 2.60. The molecule has 30 heavy (non-hydrogen) atoms. The van der Waals surface area contributed by atoms with Crippen LogP contribution in [0.25, 0.3) is 0 Å². The van der Waals surface area contributed by atoms with Crippen molar-refractivity contribution in [3.05, 3.63) is 34.9 Å². The number of carbonyl (C=O) groups is 2. The Labute approximate surface area is 177 Å². The summed E-state index contributed by atoms with van der Waals surface area (Å²) in [6.45, 7) is 7.74. The number of nitrogens with zero attached hydrogens (tertiary/aromatic N) is 1. The summed E-state index contributed by atoms with van der Waals surface area (Å²) >= 11 is 0. The SMILES string of the molecule is Cc1ccc(CON(CCO)CCO)cc1C[C@@H](CC(=O)O)NC(=O)OC(C)(C)C. The lowest BCUT2D eigenvalue weighted by Gasteiger charge is -2.24. The van der Waals surface area contributed by atoms with E-state index in [1.807, 2.05) is 25.1 Å². The van der Waals surface area contributed by atoms with E-state index in [0.717, 1.165) is 16.7 Å².